The molecule has 1 heterocycles. The summed E-state index contributed by atoms with van der Waals surface area (Å²) in [6.45, 7) is 6.01. The van der Waals surface area contributed by atoms with Crippen LogP contribution in [0.5, 0.6) is 0 Å². The van der Waals surface area contributed by atoms with E-state index in [2.05, 4.69) is 20.9 Å². The summed E-state index contributed by atoms with van der Waals surface area (Å²) in [4.78, 5) is 16.3. The number of carboxylic acid groups (broad SMARTS) is 1. The standard InChI is InChI=1S/C14H13BrClNO2S/c1-14(2,3)13-17-10(12(18)19)11(20-13)8-6-7(15)4-5-9(8)16/h4-6H,1-3H3,(H,18,19). The van der Waals surface area contributed by atoms with E-state index in [1.807, 2.05) is 32.9 Å². The third-order valence-electron chi connectivity index (χ3n) is 2.64. The molecule has 0 bridgehead atoms. The molecule has 6 heteroatoms. The van der Waals surface area contributed by atoms with Gasteiger partial charge >= 0.3 is 5.97 Å². The van der Waals surface area contributed by atoms with Gasteiger partial charge in [-0.15, -0.1) is 11.3 Å². The van der Waals surface area contributed by atoms with Crippen molar-refractivity contribution in [1.29, 1.82) is 0 Å². The minimum Gasteiger partial charge on any atom is -0.476 e. The van der Waals surface area contributed by atoms with Crippen LogP contribution in [-0.2, 0) is 5.41 Å². The predicted molar refractivity (Wildman–Crippen MR) is 85.9 cm³/mol. The summed E-state index contributed by atoms with van der Waals surface area (Å²) < 4.78 is 0.846. The third kappa shape index (κ3) is 3.05. The second kappa shape index (κ2) is 5.47. The number of aromatic nitrogens is 1. The predicted octanol–water partition coefficient (Wildman–Crippen LogP) is 5.22. The lowest BCUT2D eigenvalue weighted by atomic mass is 9.98. The van der Waals surface area contributed by atoms with Crippen molar-refractivity contribution < 1.29 is 9.90 Å². The highest BCUT2D eigenvalue weighted by molar-refractivity contribution is 9.10. The molecule has 0 radical (unpaired) electrons. The summed E-state index contributed by atoms with van der Waals surface area (Å²) in [5, 5.41) is 10.6. The monoisotopic (exact) mass is 373 g/mol. The van der Waals surface area contributed by atoms with E-state index in [9.17, 15) is 9.90 Å². The van der Waals surface area contributed by atoms with E-state index in [-0.39, 0.29) is 11.1 Å². The lowest BCUT2D eigenvalue weighted by molar-refractivity contribution is 0.0692. The zero-order valence-corrected chi connectivity index (χ0v) is 14.4. The van der Waals surface area contributed by atoms with E-state index < -0.39 is 5.97 Å². The SMILES string of the molecule is CC(C)(C)c1nc(C(=O)O)c(-c2cc(Br)ccc2Cl)s1. The highest BCUT2D eigenvalue weighted by atomic mass is 79.9. The molecule has 0 saturated heterocycles. The second-order valence-electron chi connectivity index (χ2n) is 5.38. The number of nitrogens with zero attached hydrogens (tertiary/aromatic N) is 1. The van der Waals surface area contributed by atoms with Crippen molar-refractivity contribution in [2.45, 2.75) is 26.2 Å². The van der Waals surface area contributed by atoms with Gasteiger partial charge in [-0.05, 0) is 18.2 Å². The van der Waals surface area contributed by atoms with Crippen molar-refractivity contribution in [3.05, 3.63) is 38.4 Å². The van der Waals surface area contributed by atoms with Crippen LogP contribution in [0.1, 0.15) is 36.3 Å². The van der Waals surface area contributed by atoms with E-state index in [1.54, 1.807) is 6.07 Å². The molecule has 0 aliphatic heterocycles. The van der Waals surface area contributed by atoms with E-state index in [4.69, 9.17) is 11.6 Å². The number of carbonyl (C=O) groups is 1. The maximum atomic E-state index is 11.4. The van der Waals surface area contributed by atoms with Gasteiger partial charge in [-0.1, -0.05) is 48.3 Å². The molecule has 3 nitrogen and oxygen atoms in total. The minimum atomic E-state index is -1.04. The molecule has 20 heavy (non-hydrogen) atoms. The maximum Gasteiger partial charge on any atom is 0.356 e. The smallest absolute Gasteiger partial charge is 0.356 e. The number of hydrogen-bond donors (Lipinski definition) is 1. The Kier molecular flexibility index (Phi) is 4.23. The van der Waals surface area contributed by atoms with Crippen LogP contribution >= 0.6 is 38.9 Å². The fraction of sp³-hybridized carbons (Fsp3) is 0.286. The largest absolute Gasteiger partial charge is 0.476 e. The quantitative estimate of drug-likeness (QED) is 0.784. The molecule has 106 valence electrons. The van der Waals surface area contributed by atoms with Gasteiger partial charge in [-0.3, -0.25) is 0 Å². The number of halogens is 2. The number of carboxylic acids is 1. The van der Waals surface area contributed by atoms with Gasteiger partial charge in [0.1, 0.15) is 0 Å². The van der Waals surface area contributed by atoms with Gasteiger partial charge in [-0.25, -0.2) is 9.78 Å². The summed E-state index contributed by atoms with van der Waals surface area (Å²) in [6, 6.07) is 5.37. The molecule has 1 aromatic heterocycles. The Morgan fingerprint density at radius 3 is 2.60 bits per heavy atom. The van der Waals surface area contributed by atoms with Gasteiger partial charge in [0, 0.05) is 20.5 Å². The summed E-state index contributed by atoms with van der Waals surface area (Å²) in [6.07, 6.45) is 0. The Balaban J connectivity index is 2.69. The molecule has 0 atom stereocenters. The molecule has 2 aromatic rings. The first kappa shape index (κ1) is 15.5. The van der Waals surface area contributed by atoms with E-state index in [1.165, 1.54) is 11.3 Å². The molecule has 0 spiro atoms. The molecule has 2 rings (SSSR count). The van der Waals surface area contributed by atoms with Crippen molar-refractivity contribution in [3.63, 3.8) is 0 Å². The second-order valence-corrected chi connectivity index (χ2v) is 7.70. The lowest BCUT2D eigenvalue weighted by Gasteiger charge is -2.13. The first-order valence-electron chi connectivity index (χ1n) is 5.90. The van der Waals surface area contributed by atoms with Crippen molar-refractivity contribution in [1.82, 2.24) is 4.98 Å². The van der Waals surface area contributed by atoms with E-state index in [0.29, 0.717) is 15.5 Å². The molecule has 0 unspecified atom stereocenters. The Labute approximate surface area is 134 Å². The van der Waals surface area contributed by atoms with Crippen LogP contribution in [0.15, 0.2) is 22.7 Å². The molecule has 0 aliphatic carbocycles. The third-order valence-corrected chi connectivity index (χ3v) is 4.98. The van der Waals surface area contributed by atoms with Crippen LogP contribution < -0.4 is 0 Å². The molecule has 0 fully saturated rings. The van der Waals surface area contributed by atoms with Crippen molar-refractivity contribution in [2.24, 2.45) is 0 Å². The Hall–Kier alpha value is -0.910. The van der Waals surface area contributed by atoms with Gasteiger partial charge in [0.2, 0.25) is 0 Å². The average molecular weight is 375 g/mol. The average Bonchev–Trinajstić information content (AvgIpc) is 2.77. The van der Waals surface area contributed by atoms with Crippen LogP contribution in [0, 0.1) is 0 Å². The highest BCUT2D eigenvalue weighted by Crippen LogP contribution is 2.39. The summed E-state index contributed by atoms with van der Waals surface area (Å²) in [5.74, 6) is -1.04. The van der Waals surface area contributed by atoms with Crippen LogP contribution in [0.4, 0.5) is 0 Å². The lowest BCUT2D eigenvalue weighted by Crippen LogP contribution is -2.11. The first-order chi connectivity index (χ1) is 9.20. The minimum absolute atomic E-state index is 0.0555. The van der Waals surface area contributed by atoms with Crippen LogP contribution in [0.2, 0.25) is 5.02 Å². The molecular formula is C14H13BrClNO2S. The first-order valence-corrected chi connectivity index (χ1v) is 7.89. The zero-order valence-electron chi connectivity index (χ0n) is 11.2. The Morgan fingerprint density at radius 1 is 1.40 bits per heavy atom. The topological polar surface area (TPSA) is 50.2 Å². The number of thiazole rings is 1. The van der Waals surface area contributed by atoms with E-state index in [0.717, 1.165) is 9.48 Å². The summed E-state index contributed by atoms with van der Waals surface area (Å²) in [5.41, 5.74) is 0.539. The fourth-order valence-corrected chi connectivity index (χ4v) is 3.41. The highest BCUT2D eigenvalue weighted by Gasteiger charge is 2.26. The molecule has 0 amide bonds. The van der Waals surface area contributed by atoms with Gasteiger partial charge in [0.25, 0.3) is 0 Å². The van der Waals surface area contributed by atoms with Gasteiger partial charge in [0.15, 0.2) is 5.69 Å². The fourth-order valence-electron chi connectivity index (χ4n) is 1.64. The number of aromatic carboxylic acids is 1. The summed E-state index contributed by atoms with van der Waals surface area (Å²) in [7, 11) is 0. The van der Waals surface area contributed by atoms with Gasteiger partial charge in [0.05, 0.1) is 9.88 Å². The van der Waals surface area contributed by atoms with Crippen LogP contribution in [0.25, 0.3) is 10.4 Å². The number of benzene rings is 1. The van der Waals surface area contributed by atoms with Gasteiger partial charge < -0.3 is 5.11 Å². The van der Waals surface area contributed by atoms with Crippen LogP contribution in [-0.4, -0.2) is 16.1 Å². The molecule has 0 saturated carbocycles. The van der Waals surface area contributed by atoms with Crippen LogP contribution in [0.3, 0.4) is 0 Å². The molecule has 1 N–H and O–H groups in total. The number of hydrogen-bond acceptors (Lipinski definition) is 3. The van der Waals surface area contributed by atoms with Crippen molar-refractivity contribution in [3.8, 4) is 10.4 Å². The van der Waals surface area contributed by atoms with Crippen molar-refractivity contribution in [2.75, 3.05) is 0 Å². The zero-order chi connectivity index (χ0) is 15.1. The maximum absolute atomic E-state index is 11.4. The summed E-state index contributed by atoms with van der Waals surface area (Å²) >= 11 is 10.9. The molecule has 1 aromatic carbocycles. The molecule has 0 aliphatic rings. The molecular weight excluding hydrogens is 362 g/mol. The Morgan fingerprint density at radius 2 is 2.05 bits per heavy atom. The van der Waals surface area contributed by atoms with E-state index >= 15 is 0 Å². The van der Waals surface area contributed by atoms with Gasteiger partial charge in [-0.2, -0.15) is 0 Å². The number of rotatable bonds is 2. The Bertz CT molecular complexity index is 676. The normalized spacial score (nSPS) is 11.7. The van der Waals surface area contributed by atoms with Crippen molar-refractivity contribution >= 4 is 44.8 Å².